The van der Waals surface area contributed by atoms with Crippen LogP contribution < -0.4 is 0 Å². The predicted octanol–water partition coefficient (Wildman–Crippen LogP) is 19.2. The fourth-order valence-electron chi connectivity index (χ4n) is 8.15. The lowest BCUT2D eigenvalue weighted by Crippen LogP contribution is -2.30. The Morgan fingerprint density at radius 3 is 0.925 bits per heavy atom. The first-order chi connectivity index (χ1) is 33.0. The van der Waals surface area contributed by atoms with Gasteiger partial charge in [0, 0.05) is 19.3 Å². The van der Waals surface area contributed by atoms with Gasteiger partial charge in [0.05, 0.1) is 0 Å². The van der Waals surface area contributed by atoms with Crippen molar-refractivity contribution in [1.82, 2.24) is 0 Å². The lowest BCUT2D eigenvalue weighted by molar-refractivity contribution is -0.167. The normalized spacial score (nSPS) is 12.5. The summed E-state index contributed by atoms with van der Waals surface area (Å²) in [6.07, 6.45) is 69.2. The summed E-state index contributed by atoms with van der Waals surface area (Å²) in [7, 11) is 0. The van der Waals surface area contributed by atoms with Gasteiger partial charge >= 0.3 is 17.9 Å². The van der Waals surface area contributed by atoms with E-state index in [1.54, 1.807) is 0 Å². The van der Waals surface area contributed by atoms with E-state index < -0.39 is 6.10 Å². The quantitative estimate of drug-likeness (QED) is 0.0262. The second-order valence-electron chi connectivity index (χ2n) is 19.2. The molecular formula is C61H108O6. The van der Waals surface area contributed by atoms with E-state index in [1.165, 1.54) is 154 Å². The highest BCUT2D eigenvalue weighted by Gasteiger charge is 2.19. The summed E-state index contributed by atoms with van der Waals surface area (Å²) in [5, 5.41) is 0. The summed E-state index contributed by atoms with van der Waals surface area (Å²) in [4.78, 5) is 38.2. The molecule has 0 aliphatic carbocycles. The molecule has 0 N–H and O–H groups in total. The molecule has 0 saturated heterocycles. The Labute approximate surface area is 415 Å². The molecule has 67 heavy (non-hydrogen) atoms. The highest BCUT2D eigenvalue weighted by molar-refractivity contribution is 5.71. The maximum absolute atomic E-state index is 12.9. The van der Waals surface area contributed by atoms with E-state index in [9.17, 15) is 14.4 Å². The summed E-state index contributed by atoms with van der Waals surface area (Å²) >= 11 is 0. The smallest absolute Gasteiger partial charge is 0.306 e. The van der Waals surface area contributed by atoms with Crippen LogP contribution in [0.25, 0.3) is 0 Å². The molecule has 0 aromatic heterocycles. The van der Waals surface area contributed by atoms with Crippen LogP contribution in [0.3, 0.4) is 0 Å². The minimum Gasteiger partial charge on any atom is -0.462 e. The third-order valence-corrected chi connectivity index (χ3v) is 12.5. The number of esters is 3. The zero-order chi connectivity index (χ0) is 48.6. The van der Waals surface area contributed by atoms with Crippen LogP contribution in [0.2, 0.25) is 0 Å². The van der Waals surface area contributed by atoms with Crippen LogP contribution in [0.15, 0.2) is 60.8 Å². The van der Waals surface area contributed by atoms with Crippen LogP contribution in [0.5, 0.6) is 0 Å². The molecule has 0 heterocycles. The second-order valence-corrected chi connectivity index (χ2v) is 19.2. The van der Waals surface area contributed by atoms with E-state index in [0.29, 0.717) is 19.3 Å². The third kappa shape index (κ3) is 53.9. The Hall–Kier alpha value is -2.89. The third-order valence-electron chi connectivity index (χ3n) is 12.5. The fourth-order valence-corrected chi connectivity index (χ4v) is 8.15. The average molecular weight is 938 g/mol. The minimum absolute atomic E-state index is 0.0828. The van der Waals surface area contributed by atoms with E-state index in [-0.39, 0.29) is 31.1 Å². The molecule has 0 radical (unpaired) electrons. The molecule has 0 aromatic carbocycles. The SMILES string of the molecule is CC/C=C/C/C=C/C/C=C/CCCCCCCC(=O)OC[C@H](COC(=O)CCCCCCCCC/C=C/CCCCCCCC)OC(=O)CCCCCCCCC/C=C/CCCCCCCC. The van der Waals surface area contributed by atoms with Crippen molar-refractivity contribution < 1.29 is 28.6 Å². The molecular weight excluding hydrogens is 829 g/mol. The van der Waals surface area contributed by atoms with Gasteiger partial charge in [-0.2, -0.15) is 0 Å². The number of hydrogen-bond acceptors (Lipinski definition) is 6. The number of carbonyl (C=O) groups is 3. The number of rotatable bonds is 52. The number of carbonyl (C=O) groups excluding carboxylic acids is 3. The van der Waals surface area contributed by atoms with Gasteiger partial charge in [-0.05, 0) is 103 Å². The van der Waals surface area contributed by atoms with Gasteiger partial charge < -0.3 is 14.2 Å². The standard InChI is InChI=1S/C61H108O6/c1-4-7-10-13-16-19-22-25-28-30-33-36-39-42-45-48-51-54-60(63)66-57-58(56-65-59(62)53-50-47-44-41-38-35-32-27-24-21-18-15-12-9-6-3)67-61(64)55-52-49-46-43-40-37-34-31-29-26-23-20-17-14-11-8-5-2/h9,12,18,21,25-29,32,58H,4-8,10-11,13-17,19-20,22-24,30-31,33-57H2,1-3H3/b12-9+,21-18+,28-25+,29-26+,32-27+/t58-/m1/s1. The van der Waals surface area contributed by atoms with Crippen LogP contribution in [0.4, 0.5) is 0 Å². The molecule has 0 amide bonds. The van der Waals surface area contributed by atoms with Crippen molar-refractivity contribution in [2.24, 2.45) is 0 Å². The minimum atomic E-state index is -0.785. The van der Waals surface area contributed by atoms with Crippen LogP contribution in [-0.2, 0) is 28.6 Å². The molecule has 0 saturated carbocycles. The fraction of sp³-hybridized carbons (Fsp3) is 0.787. The highest BCUT2D eigenvalue weighted by atomic mass is 16.6. The molecule has 0 spiro atoms. The first kappa shape index (κ1) is 64.1. The van der Waals surface area contributed by atoms with Crippen molar-refractivity contribution in [3.8, 4) is 0 Å². The Balaban J connectivity index is 4.40. The van der Waals surface area contributed by atoms with Gasteiger partial charge in [0.1, 0.15) is 13.2 Å². The van der Waals surface area contributed by atoms with Crippen molar-refractivity contribution in [2.45, 2.75) is 297 Å². The van der Waals surface area contributed by atoms with Crippen molar-refractivity contribution in [2.75, 3.05) is 13.2 Å². The predicted molar refractivity (Wildman–Crippen MR) is 288 cm³/mol. The molecule has 6 heteroatoms. The zero-order valence-corrected chi connectivity index (χ0v) is 44.4. The molecule has 1 atom stereocenters. The van der Waals surface area contributed by atoms with Gasteiger partial charge in [0.25, 0.3) is 0 Å². The average Bonchev–Trinajstić information content (AvgIpc) is 3.33. The highest BCUT2D eigenvalue weighted by Crippen LogP contribution is 2.15. The molecule has 0 aliphatic heterocycles. The molecule has 0 aromatic rings. The Morgan fingerprint density at radius 2 is 0.582 bits per heavy atom. The molecule has 6 nitrogen and oxygen atoms in total. The van der Waals surface area contributed by atoms with Gasteiger partial charge in [0.2, 0.25) is 0 Å². The van der Waals surface area contributed by atoms with Gasteiger partial charge in [0.15, 0.2) is 6.10 Å². The van der Waals surface area contributed by atoms with Gasteiger partial charge in [-0.25, -0.2) is 0 Å². The monoisotopic (exact) mass is 937 g/mol. The van der Waals surface area contributed by atoms with Gasteiger partial charge in [-0.15, -0.1) is 0 Å². The van der Waals surface area contributed by atoms with Gasteiger partial charge in [-0.3, -0.25) is 14.4 Å². The van der Waals surface area contributed by atoms with Crippen LogP contribution in [0.1, 0.15) is 290 Å². The van der Waals surface area contributed by atoms with Crippen molar-refractivity contribution >= 4 is 17.9 Å². The number of unbranched alkanes of at least 4 members (excludes halogenated alkanes) is 31. The second kappa shape index (κ2) is 55.7. The molecule has 0 rings (SSSR count). The summed E-state index contributed by atoms with van der Waals surface area (Å²) in [6, 6.07) is 0. The summed E-state index contributed by atoms with van der Waals surface area (Å²) in [5.41, 5.74) is 0. The number of ether oxygens (including phenoxy) is 3. The van der Waals surface area contributed by atoms with E-state index >= 15 is 0 Å². The summed E-state index contributed by atoms with van der Waals surface area (Å²) in [6.45, 7) is 6.52. The summed E-state index contributed by atoms with van der Waals surface area (Å²) < 4.78 is 16.9. The first-order valence-corrected chi connectivity index (χ1v) is 28.8. The lowest BCUT2D eigenvalue weighted by atomic mass is 10.1. The first-order valence-electron chi connectivity index (χ1n) is 28.8. The number of allylic oxidation sites excluding steroid dienone is 10. The van der Waals surface area contributed by atoms with Crippen LogP contribution in [0, 0.1) is 0 Å². The van der Waals surface area contributed by atoms with E-state index in [4.69, 9.17) is 14.2 Å². The maximum atomic E-state index is 12.9. The van der Waals surface area contributed by atoms with Crippen molar-refractivity contribution in [3.05, 3.63) is 60.8 Å². The Bertz CT molecular complexity index is 1210. The Kier molecular flexibility index (Phi) is 53.3. The van der Waals surface area contributed by atoms with E-state index in [2.05, 4.69) is 81.5 Å². The maximum Gasteiger partial charge on any atom is 0.306 e. The molecule has 388 valence electrons. The lowest BCUT2D eigenvalue weighted by Gasteiger charge is -2.18. The molecule has 0 bridgehead atoms. The van der Waals surface area contributed by atoms with Gasteiger partial charge in [-0.1, -0.05) is 229 Å². The molecule has 0 unspecified atom stereocenters. The van der Waals surface area contributed by atoms with Crippen molar-refractivity contribution in [3.63, 3.8) is 0 Å². The summed E-state index contributed by atoms with van der Waals surface area (Å²) in [5.74, 6) is -0.898. The number of hydrogen-bond donors (Lipinski definition) is 0. The van der Waals surface area contributed by atoms with E-state index in [1.807, 2.05) is 0 Å². The van der Waals surface area contributed by atoms with Crippen LogP contribution in [-0.4, -0.2) is 37.2 Å². The zero-order valence-electron chi connectivity index (χ0n) is 44.4. The van der Waals surface area contributed by atoms with E-state index in [0.717, 1.165) is 96.3 Å². The Morgan fingerprint density at radius 1 is 0.313 bits per heavy atom. The largest absolute Gasteiger partial charge is 0.462 e. The topological polar surface area (TPSA) is 78.9 Å². The van der Waals surface area contributed by atoms with Crippen molar-refractivity contribution in [1.29, 1.82) is 0 Å². The molecule has 0 aliphatic rings. The molecule has 0 fully saturated rings. The van der Waals surface area contributed by atoms with Crippen LogP contribution >= 0.6 is 0 Å².